The van der Waals surface area contributed by atoms with Crippen molar-refractivity contribution in [2.75, 3.05) is 16.4 Å². The number of sulfone groups is 1. The van der Waals surface area contributed by atoms with Gasteiger partial charge in [0.25, 0.3) is 0 Å². The van der Waals surface area contributed by atoms with Crippen molar-refractivity contribution in [2.45, 2.75) is 25.5 Å². The van der Waals surface area contributed by atoms with Gasteiger partial charge in [-0.05, 0) is 55.3 Å². The zero-order valence-electron chi connectivity index (χ0n) is 15.3. The molecule has 0 aliphatic rings. The minimum Gasteiger partial charge on any atom is -0.325 e. The van der Waals surface area contributed by atoms with Crippen LogP contribution in [-0.2, 0) is 19.4 Å². The van der Waals surface area contributed by atoms with E-state index in [-0.39, 0.29) is 6.42 Å². The van der Waals surface area contributed by atoms with Gasteiger partial charge in [0.15, 0.2) is 9.84 Å². The summed E-state index contributed by atoms with van der Waals surface area (Å²) in [6, 6.07) is 11.2. The summed E-state index contributed by atoms with van der Waals surface area (Å²) in [7, 11) is -4.03. The van der Waals surface area contributed by atoms with Gasteiger partial charge in [-0.15, -0.1) is 0 Å². The number of hydrogen-bond donors (Lipinski definition) is 2. The molecule has 0 radical (unpaired) electrons. The zero-order valence-corrected chi connectivity index (χ0v) is 17.7. The molecule has 2 amide bonds. The van der Waals surface area contributed by atoms with Gasteiger partial charge in [-0.25, -0.2) is 8.42 Å². The molecule has 0 saturated carbocycles. The third kappa shape index (κ3) is 5.95. The van der Waals surface area contributed by atoms with Crippen molar-refractivity contribution in [1.29, 1.82) is 0 Å². The van der Waals surface area contributed by atoms with Gasteiger partial charge in [0, 0.05) is 21.4 Å². The lowest BCUT2D eigenvalue weighted by atomic mass is 10.2. The van der Waals surface area contributed by atoms with Gasteiger partial charge in [0.1, 0.15) is 11.0 Å². The van der Waals surface area contributed by atoms with Crippen molar-refractivity contribution < 1.29 is 18.0 Å². The van der Waals surface area contributed by atoms with Crippen LogP contribution in [0.25, 0.3) is 0 Å². The Balaban J connectivity index is 2.10. The average molecular weight is 443 g/mol. The van der Waals surface area contributed by atoms with Crippen molar-refractivity contribution in [3.05, 3.63) is 58.1 Å². The Labute approximate surface area is 174 Å². The highest BCUT2D eigenvalue weighted by atomic mass is 35.5. The Morgan fingerprint density at radius 3 is 2.21 bits per heavy atom. The van der Waals surface area contributed by atoms with Crippen LogP contribution in [0.15, 0.2) is 42.5 Å². The average Bonchev–Trinajstić information content (AvgIpc) is 2.60. The van der Waals surface area contributed by atoms with E-state index in [4.69, 9.17) is 23.2 Å². The summed E-state index contributed by atoms with van der Waals surface area (Å²) in [5, 5.41) is 4.62. The van der Waals surface area contributed by atoms with Crippen LogP contribution < -0.4 is 10.6 Å². The molecule has 0 fully saturated rings. The molecule has 0 heterocycles. The van der Waals surface area contributed by atoms with Gasteiger partial charge in [0.2, 0.25) is 11.8 Å². The van der Waals surface area contributed by atoms with E-state index in [1.807, 2.05) is 0 Å². The van der Waals surface area contributed by atoms with E-state index in [0.29, 0.717) is 21.4 Å². The van der Waals surface area contributed by atoms with Gasteiger partial charge in [-0.2, -0.15) is 0 Å². The highest BCUT2D eigenvalue weighted by Crippen LogP contribution is 2.21. The van der Waals surface area contributed by atoms with Crippen LogP contribution in [0, 0.1) is 6.92 Å². The Hall–Kier alpha value is -2.09. The van der Waals surface area contributed by atoms with Crippen LogP contribution in [0.4, 0.5) is 11.4 Å². The highest BCUT2D eigenvalue weighted by molar-refractivity contribution is 7.93. The lowest BCUT2D eigenvalue weighted by Crippen LogP contribution is -2.39. The van der Waals surface area contributed by atoms with Crippen molar-refractivity contribution in [3.8, 4) is 0 Å². The number of rotatable bonds is 7. The summed E-state index contributed by atoms with van der Waals surface area (Å²) in [5.41, 5.74) is 1.58. The maximum atomic E-state index is 12.6. The summed E-state index contributed by atoms with van der Waals surface area (Å²) in [5.74, 6) is -2.24. The standard InChI is InChI=1S/C19H20Cl2N2O4S/c1-3-17(19(25)23-16-10-14(21)5-4-12(16)2)28(26,27)11-18(24)22-15-8-6-13(20)7-9-15/h4-10,17H,3,11H2,1-2H3,(H,22,24)(H,23,25). The number of anilines is 2. The van der Waals surface area contributed by atoms with E-state index in [1.165, 1.54) is 0 Å². The molecule has 6 nitrogen and oxygen atoms in total. The molecular weight excluding hydrogens is 423 g/mol. The van der Waals surface area contributed by atoms with Gasteiger partial charge in [-0.3, -0.25) is 9.59 Å². The predicted molar refractivity (Wildman–Crippen MR) is 113 cm³/mol. The van der Waals surface area contributed by atoms with E-state index >= 15 is 0 Å². The highest BCUT2D eigenvalue weighted by Gasteiger charge is 2.33. The fourth-order valence-corrected chi connectivity index (χ4v) is 4.39. The molecule has 9 heteroatoms. The van der Waals surface area contributed by atoms with E-state index < -0.39 is 32.7 Å². The summed E-state index contributed by atoms with van der Waals surface area (Å²) >= 11 is 11.7. The largest absolute Gasteiger partial charge is 0.325 e. The van der Waals surface area contributed by atoms with Crippen molar-refractivity contribution in [2.24, 2.45) is 0 Å². The van der Waals surface area contributed by atoms with E-state index in [9.17, 15) is 18.0 Å². The van der Waals surface area contributed by atoms with E-state index in [0.717, 1.165) is 5.56 Å². The Kier molecular flexibility index (Phi) is 7.46. The molecular formula is C19H20Cl2N2O4S. The molecule has 0 aromatic heterocycles. The van der Waals surface area contributed by atoms with Crippen LogP contribution in [-0.4, -0.2) is 31.2 Å². The Morgan fingerprint density at radius 1 is 1.00 bits per heavy atom. The van der Waals surface area contributed by atoms with Gasteiger partial charge < -0.3 is 10.6 Å². The first-order chi connectivity index (χ1) is 13.1. The normalized spacial score (nSPS) is 12.3. The third-order valence-electron chi connectivity index (χ3n) is 4.01. The first-order valence-electron chi connectivity index (χ1n) is 8.46. The molecule has 0 bridgehead atoms. The van der Waals surface area contributed by atoms with E-state index in [1.54, 1.807) is 56.3 Å². The first-order valence-corrected chi connectivity index (χ1v) is 10.9. The van der Waals surface area contributed by atoms with Crippen LogP contribution >= 0.6 is 23.2 Å². The molecule has 1 unspecified atom stereocenters. The molecule has 2 aromatic rings. The number of aryl methyl sites for hydroxylation is 1. The van der Waals surface area contributed by atoms with Gasteiger partial charge in [-0.1, -0.05) is 36.2 Å². The Bertz CT molecular complexity index is 976. The van der Waals surface area contributed by atoms with Crippen molar-refractivity contribution >= 4 is 56.2 Å². The maximum absolute atomic E-state index is 12.6. The molecule has 2 N–H and O–H groups in total. The molecule has 0 aliphatic carbocycles. The molecule has 150 valence electrons. The second-order valence-corrected chi connectivity index (χ2v) is 9.26. The topological polar surface area (TPSA) is 92.3 Å². The summed E-state index contributed by atoms with van der Waals surface area (Å²) < 4.78 is 25.3. The number of hydrogen-bond acceptors (Lipinski definition) is 4. The van der Waals surface area contributed by atoms with Crippen LogP contribution in [0.2, 0.25) is 10.0 Å². The van der Waals surface area contributed by atoms with Crippen molar-refractivity contribution in [1.82, 2.24) is 0 Å². The monoisotopic (exact) mass is 442 g/mol. The van der Waals surface area contributed by atoms with Crippen LogP contribution in [0.3, 0.4) is 0 Å². The first kappa shape index (κ1) is 22.2. The number of nitrogens with one attached hydrogen (secondary N) is 2. The second kappa shape index (κ2) is 9.41. The molecule has 1 atom stereocenters. The molecule has 28 heavy (non-hydrogen) atoms. The number of halogens is 2. The smallest absolute Gasteiger partial charge is 0.242 e. The Morgan fingerprint density at radius 2 is 1.61 bits per heavy atom. The number of benzene rings is 2. The molecule has 2 rings (SSSR count). The fourth-order valence-electron chi connectivity index (χ4n) is 2.56. The zero-order chi connectivity index (χ0) is 20.9. The molecule has 0 saturated heterocycles. The van der Waals surface area contributed by atoms with Gasteiger partial charge >= 0.3 is 0 Å². The minimum atomic E-state index is -4.03. The minimum absolute atomic E-state index is 0.0298. The number of carbonyl (C=O) groups excluding carboxylic acids is 2. The molecule has 0 aliphatic heterocycles. The summed E-state index contributed by atoms with van der Waals surface area (Å²) in [6.45, 7) is 3.34. The maximum Gasteiger partial charge on any atom is 0.242 e. The predicted octanol–water partition coefficient (Wildman–Crippen LogP) is 4.07. The molecule has 2 aromatic carbocycles. The third-order valence-corrected chi connectivity index (χ3v) is 6.58. The summed E-state index contributed by atoms with van der Waals surface area (Å²) in [4.78, 5) is 24.7. The number of amides is 2. The quantitative estimate of drug-likeness (QED) is 0.675. The van der Waals surface area contributed by atoms with E-state index in [2.05, 4.69) is 10.6 Å². The number of carbonyl (C=O) groups is 2. The lowest BCUT2D eigenvalue weighted by molar-refractivity contribution is -0.115. The molecule has 0 spiro atoms. The van der Waals surface area contributed by atoms with Crippen molar-refractivity contribution in [3.63, 3.8) is 0 Å². The lowest BCUT2D eigenvalue weighted by Gasteiger charge is -2.17. The second-order valence-electron chi connectivity index (χ2n) is 6.21. The van der Waals surface area contributed by atoms with Gasteiger partial charge in [0.05, 0.1) is 0 Å². The fraction of sp³-hybridized carbons (Fsp3) is 0.263. The SMILES string of the molecule is CCC(C(=O)Nc1cc(Cl)ccc1C)S(=O)(=O)CC(=O)Nc1ccc(Cl)cc1. The van der Waals surface area contributed by atoms with Crippen LogP contribution in [0.1, 0.15) is 18.9 Å². The summed E-state index contributed by atoms with van der Waals surface area (Å²) in [6.07, 6.45) is 0.0298. The van der Waals surface area contributed by atoms with Crippen LogP contribution in [0.5, 0.6) is 0 Å².